The van der Waals surface area contributed by atoms with E-state index in [4.69, 9.17) is 4.42 Å². The smallest absolute Gasteiger partial charge is 0.180 e. The Morgan fingerprint density at radius 1 is 0.400 bits per heavy atom. The maximum absolute atomic E-state index is 6.66. The van der Waals surface area contributed by atoms with Crippen molar-refractivity contribution in [3.05, 3.63) is 176 Å². The Bertz CT molecular complexity index is 2330. The molecule has 2 nitrogen and oxygen atoms in total. The Morgan fingerprint density at radius 3 is 1.47 bits per heavy atom. The van der Waals surface area contributed by atoms with E-state index in [2.05, 4.69) is 180 Å². The Hall–Kier alpha value is -5.64. The minimum absolute atomic E-state index is 0.902. The maximum Gasteiger partial charge on any atom is 0.180 e. The number of hydrogen-bond acceptors (Lipinski definition) is 1. The Labute approximate surface area is 262 Å². The van der Waals surface area contributed by atoms with E-state index in [1.165, 1.54) is 47.9 Å². The maximum atomic E-state index is 6.66. The van der Waals surface area contributed by atoms with Crippen LogP contribution in [0.1, 0.15) is 0 Å². The second kappa shape index (κ2) is 10.2. The monoisotopic (exact) mass is 591 g/mol. The van der Waals surface area contributed by atoms with Gasteiger partial charge in [-0.1, -0.05) is 140 Å². The minimum atomic E-state index is -2.78. The van der Waals surface area contributed by atoms with E-state index in [1.54, 1.807) is 0 Å². The predicted molar refractivity (Wildman–Crippen MR) is 192 cm³/mol. The normalized spacial score (nSPS) is 12.0. The fraction of sp³-hybridized carbons (Fsp3) is 0. The molecule has 45 heavy (non-hydrogen) atoms. The van der Waals surface area contributed by atoms with Crippen LogP contribution in [0.2, 0.25) is 0 Å². The molecule has 0 radical (unpaired) electrons. The van der Waals surface area contributed by atoms with Gasteiger partial charge in [0.15, 0.2) is 8.07 Å². The Kier molecular flexibility index (Phi) is 5.87. The van der Waals surface area contributed by atoms with Crippen LogP contribution in [0.25, 0.3) is 49.4 Å². The van der Waals surface area contributed by atoms with Gasteiger partial charge >= 0.3 is 0 Å². The van der Waals surface area contributed by atoms with E-state index in [9.17, 15) is 0 Å². The van der Waals surface area contributed by atoms with E-state index < -0.39 is 8.07 Å². The van der Waals surface area contributed by atoms with Gasteiger partial charge in [-0.05, 0) is 57.1 Å². The van der Waals surface area contributed by atoms with E-state index in [1.807, 2.05) is 0 Å². The van der Waals surface area contributed by atoms with Gasteiger partial charge in [0.2, 0.25) is 0 Å². The number of fused-ring (bicyclic) bond motifs is 6. The lowest BCUT2D eigenvalue weighted by Crippen LogP contribution is -2.74. The molecule has 0 aliphatic heterocycles. The molecule has 0 saturated heterocycles. The lowest BCUT2D eigenvalue weighted by atomic mass is 10.1. The third-order valence-electron chi connectivity index (χ3n) is 9.34. The SMILES string of the molecule is c1ccc([Si](c2ccccc2)(c2ccccc2)c2cccc3oc4ccc(-n5c6ccccc6c6ccccc65)cc4c23)cc1. The fourth-order valence-corrected chi connectivity index (χ4v) is 12.5. The van der Waals surface area contributed by atoms with Gasteiger partial charge < -0.3 is 8.98 Å². The summed E-state index contributed by atoms with van der Waals surface area (Å²) >= 11 is 0. The van der Waals surface area contributed by atoms with Crippen LogP contribution in [0.5, 0.6) is 0 Å². The van der Waals surface area contributed by atoms with Gasteiger partial charge in [-0.25, -0.2) is 0 Å². The first-order valence-electron chi connectivity index (χ1n) is 15.4. The van der Waals surface area contributed by atoms with Crippen LogP contribution in [-0.2, 0) is 0 Å². The number of benzene rings is 7. The largest absolute Gasteiger partial charge is 0.456 e. The molecule has 0 bridgehead atoms. The summed E-state index contributed by atoms with van der Waals surface area (Å²) in [5.74, 6) is 0. The molecular formula is C42H29NOSi. The fourth-order valence-electron chi connectivity index (χ4n) is 7.50. The van der Waals surface area contributed by atoms with Crippen molar-refractivity contribution < 1.29 is 4.42 Å². The van der Waals surface area contributed by atoms with E-state index >= 15 is 0 Å². The van der Waals surface area contributed by atoms with Crippen molar-refractivity contribution in [3.8, 4) is 5.69 Å². The predicted octanol–water partition coefficient (Wildman–Crippen LogP) is 8.06. The molecule has 0 unspecified atom stereocenters. The molecule has 0 spiro atoms. The van der Waals surface area contributed by atoms with Gasteiger partial charge in [0.05, 0.1) is 11.0 Å². The summed E-state index contributed by atoms with van der Waals surface area (Å²) in [4.78, 5) is 0. The summed E-state index contributed by atoms with van der Waals surface area (Å²) in [6.07, 6.45) is 0. The molecule has 0 aliphatic rings. The van der Waals surface area contributed by atoms with Crippen molar-refractivity contribution in [2.24, 2.45) is 0 Å². The zero-order chi connectivity index (χ0) is 29.8. The quantitative estimate of drug-likeness (QED) is 0.146. The van der Waals surface area contributed by atoms with Crippen LogP contribution < -0.4 is 20.7 Å². The summed E-state index contributed by atoms with van der Waals surface area (Å²) in [6.45, 7) is 0. The highest BCUT2D eigenvalue weighted by Crippen LogP contribution is 2.35. The first-order valence-corrected chi connectivity index (χ1v) is 17.4. The van der Waals surface area contributed by atoms with Crippen molar-refractivity contribution in [1.29, 1.82) is 0 Å². The molecule has 212 valence electrons. The number of furan rings is 1. The van der Waals surface area contributed by atoms with Crippen molar-refractivity contribution in [2.45, 2.75) is 0 Å². The molecular weight excluding hydrogens is 563 g/mol. The highest BCUT2D eigenvalue weighted by atomic mass is 28.3. The number of hydrogen-bond donors (Lipinski definition) is 0. The van der Waals surface area contributed by atoms with Crippen LogP contribution in [0.3, 0.4) is 0 Å². The van der Waals surface area contributed by atoms with E-state index in [0.29, 0.717) is 0 Å². The summed E-state index contributed by atoms with van der Waals surface area (Å²) in [7, 11) is -2.78. The van der Waals surface area contributed by atoms with E-state index in [-0.39, 0.29) is 0 Å². The third-order valence-corrected chi connectivity index (χ3v) is 14.2. The van der Waals surface area contributed by atoms with Crippen molar-refractivity contribution in [3.63, 3.8) is 0 Å². The Morgan fingerprint density at radius 2 is 0.911 bits per heavy atom. The van der Waals surface area contributed by atoms with Gasteiger partial charge in [-0.15, -0.1) is 0 Å². The lowest BCUT2D eigenvalue weighted by Gasteiger charge is -2.34. The third kappa shape index (κ3) is 3.81. The number of para-hydroxylation sites is 2. The zero-order valence-corrected chi connectivity index (χ0v) is 25.6. The minimum Gasteiger partial charge on any atom is -0.456 e. The molecule has 2 aromatic heterocycles. The summed E-state index contributed by atoms with van der Waals surface area (Å²) in [5.41, 5.74) is 5.35. The summed E-state index contributed by atoms with van der Waals surface area (Å²) in [5, 5.41) is 10.2. The topological polar surface area (TPSA) is 18.1 Å². The number of aromatic nitrogens is 1. The van der Waals surface area contributed by atoms with Crippen molar-refractivity contribution >= 4 is 72.6 Å². The highest BCUT2D eigenvalue weighted by Gasteiger charge is 2.43. The molecule has 0 aliphatic carbocycles. The molecule has 0 atom stereocenters. The zero-order valence-electron chi connectivity index (χ0n) is 24.6. The van der Waals surface area contributed by atoms with Crippen LogP contribution in [0, 0.1) is 0 Å². The molecule has 9 aromatic rings. The second-order valence-corrected chi connectivity index (χ2v) is 15.4. The lowest BCUT2D eigenvalue weighted by molar-refractivity contribution is 0.669. The second-order valence-electron chi connectivity index (χ2n) is 11.7. The first-order chi connectivity index (χ1) is 22.3. The van der Waals surface area contributed by atoms with Crippen LogP contribution >= 0.6 is 0 Å². The molecule has 0 saturated carbocycles. The first kappa shape index (κ1) is 25.8. The molecule has 0 N–H and O–H groups in total. The molecule has 0 amide bonds. The average Bonchev–Trinajstić information content (AvgIpc) is 3.66. The number of nitrogens with zero attached hydrogens (tertiary/aromatic N) is 1. The number of rotatable bonds is 5. The van der Waals surface area contributed by atoms with Crippen LogP contribution in [0.15, 0.2) is 180 Å². The van der Waals surface area contributed by atoms with Crippen LogP contribution in [0.4, 0.5) is 0 Å². The van der Waals surface area contributed by atoms with Gasteiger partial charge in [-0.2, -0.15) is 0 Å². The molecule has 3 heteroatoms. The highest BCUT2D eigenvalue weighted by molar-refractivity contribution is 7.20. The van der Waals surface area contributed by atoms with Crippen LogP contribution in [-0.4, -0.2) is 12.6 Å². The van der Waals surface area contributed by atoms with Crippen molar-refractivity contribution in [1.82, 2.24) is 4.57 Å². The molecule has 2 heterocycles. The summed E-state index contributed by atoms with van der Waals surface area (Å²) in [6, 6.07) is 64.0. The standard InChI is InChI=1S/C42H29NOSi/c1-4-15-31(16-5-1)45(32-17-6-2-7-18-32,33-19-8-3-9-20-33)41-26-14-25-40-42(41)36-29-30(27-28-39(36)44-40)43-37-23-12-10-21-34(37)35-22-11-13-24-38(35)43/h1-29H. The van der Waals surface area contributed by atoms with Gasteiger partial charge in [-0.3, -0.25) is 0 Å². The van der Waals surface area contributed by atoms with Crippen molar-refractivity contribution in [2.75, 3.05) is 0 Å². The summed E-state index contributed by atoms with van der Waals surface area (Å²) < 4.78 is 9.05. The van der Waals surface area contributed by atoms with Gasteiger partial charge in [0, 0.05) is 27.2 Å². The molecule has 9 rings (SSSR count). The van der Waals surface area contributed by atoms with Gasteiger partial charge in [0.1, 0.15) is 11.2 Å². The van der Waals surface area contributed by atoms with Gasteiger partial charge in [0.25, 0.3) is 0 Å². The Balaban J connectivity index is 1.42. The molecule has 0 fully saturated rings. The van der Waals surface area contributed by atoms with E-state index in [0.717, 1.165) is 22.2 Å². The molecule has 7 aromatic carbocycles. The average molecular weight is 592 g/mol.